The van der Waals surface area contributed by atoms with Gasteiger partial charge in [-0.05, 0) is 19.3 Å². The fraction of sp³-hybridized carbons (Fsp3) is 0.962. The van der Waals surface area contributed by atoms with Crippen LogP contribution >= 0.6 is 0 Å². The van der Waals surface area contributed by atoms with Crippen LogP contribution in [0.15, 0.2) is 12.2 Å². The zero-order chi connectivity index (χ0) is 71.1. The summed E-state index contributed by atoms with van der Waals surface area (Å²) in [5, 5.41) is 121. The zero-order valence-corrected chi connectivity index (χ0v) is 62.1. The summed E-state index contributed by atoms with van der Waals surface area (Å²) in [7, 11) is 0. The lowest BCUT2D eigenvalue weighted by Crippen LogP contribution is -2.66. The van der Waals surface area contributed by atoms with Crippen LogP contribution in [0, 0.1) is 0 Å². The Morgan fingerprint density at radius 1 is 0.357 bits per heavy atom. The van der Waals surface area contributed by atoms with E-state index in [9.17, 15) is 61.0 Å². The van der Waals surface area contributed by atoms with Gasteiger partial charge in [-0.1, -0.05) is 341 Å². The summed E-state index contributed by atoms with van der Waals surface area (Å²) in [6.07, 6.45) is 45.1. The fourth-order valence-electron chi connectivity index (χ4n) is 14.3. The van der Waals surface area contributed by atoms with E-state index < -0.39 is 124 Å². The van der Waals surface area contributed by atoms with Gasteiger partial charge in [-0.15, -0.1) is 0 Å². The minimum atomic E-state index is -1.98. The van der Waals surface area contributed by atoms with Gasteiger partial charge in [-0.25, -0.2) is 0 Å². The topological polar surface area (TPSA) is 307 Å². The summed E-state index contributed by atoms with van der Waals surface area (Å²) in [5.74, 6) is -0.267. The number of amides is 1. The number of carbonyl (C=O) groups excluding carboxylic acids is 1. The van der Waals surface area contributed by atoms with Crippen LogP contribution in [0.1, 0.15) is 354 Å². The Bertz CT molecular complexity index is 1820. The molecule has 0 aromatic rings. The van der Waals surface area contributed by atoms with Gasteiger partial charge in [0.15, 0.2) is 18.9 Å². The number of unbranched alkanes of at least 4 members (excludes halogenated alkanes) is 50. The number of nitrogens with one attached hydrogen (secondary N) is 1. The molecule has 0 saturated carbocycles. The van der Waals surface area contributed by atoms with Crippen LogP contribution in [0.3, 0.4) is 0 Å². The van der Waals surface area contributed by atoms with E-state index in [1.807, 2.05) is 6.08 Å². The van der Waals surface area contributed by atoms with Gasteiger partial charge in [-0.2, -0.15) is 0 Å². The maximum Gasteiger partial charge on any atom is 0.220 e. The molecule has 19 nitrogen and oxygen atoms in total. The highest BCUT2D eigenvalue weighted by Crippen LogP contribution is 2.33. The highest BCUT2D eigenvalue weighted by atomic mass is 16.8. The molecule has 3 aliphatic heterocycles. The van der Waals surface area contributed by atoms with Crippen LogP contribution < -0.4 is 5.32 Å². The van der Waals surface area contributed by atoms with Crippen molar-refractivity contribution in [1.29, 1.82) is 0 Å². The van der Waals surface area contributed by atoms with E-state index in [-0.39, 0.29) is 18.9 Å². The quantitative estimate of drug-likeness (QED) is 0.0199. The van der Waals surface area contributed by atoms with Gasteiger partial charge in [0.25, 0.3) is 0 Å². The maximum atomic E-state index is 13.5. The molecule has 98 heavy (non-hydrogen) atoms. The number of ether oxygens (including phenoxy) is 6. The van der Waals surface area contributed by atoms with Crippen molar-refractivity contribution in [2.45, 2.75) is 458 Å². The first-order valence-electron chi connectivity index (χ1n) is 40.9. The molecular weight excluding hydrogens is 1250 g/mol. The largest absolute Gasteiger partial charge is 0.394 e. The molecule has 1 amide bonds. The molecule has 3 heterocycles. The molecular formula is C79H151NO18. The molecule has 17 unspecified atom stereocenters. The summed E-state index contributed by atoms with van der Waals surface area (Å²) in [6.45, 7) is 1.79. The third-order valence-corrected chi connectivity index (χ3v) is 20.8. The lowest BCUT2D eigenvalue weighted by Gasteiger charge is -2.48. The highest BCUT2D eigenvalue weighted by molar-refractivity contribution is 5.76. The first-order valence-corrected chi connectivity index (χ1v) is 40.9. The Balaban J connectivity index is 1.31. The van der Waals surface area contributed by atoms with Crippen molar-refractivity contribution >= 4 is 5.91 Å². The second kappa shape index (κ2) is 60.8. The second-order valence-corrected chi connectivity index (χ2v) is 29.6. The number of hydrogen-bond donors (Lipinski definition) is 12. The summed E-state index contributed by atoms with van der Waals surface area (Å²) >= 11 is 0. The van der Waals surface area contributed by atoms with Crippen molar-refractivity contribution in [2.24, 2.45) is 0 Å². The van der Waals surface area contributed by atoms with Crippen molar-refractivity contribution < 1.29 is 89.4 Å². The number of allylic oxidation sites excluding steroid dienone is 1. The molecule has 12 N–H and O–H groups in total. The Hall–Kier alpha value is -1.47. The monoisotopic (exact) mass is 1400 g/mol. The van der Waals surface area contributed by atoms with Crippen molar-refractivity contribution in [3.05, 3.63) is 12.2 Å². The smallest absolute Gasteiger partial charge is 0.220 e. The van der Waals surface area contributed by atoms with Crippen LogP contribution in [0.2, 0.25) is 0 Å². The molecule has 0 spiro atoms. The van der Waals surface area contributed by atoms with Gasteiger partial charge in [0, 0.05) is 6.42 Å². The van der Waals surface area contributed by atoms with Gasteiger partial charge >= 0.3 is 0 Å². The number of carbonyl (C=O) groups is 1. The molecule has 0 aromatic carbocycles. The van der Waals surface area contributed by atoms with Crippen molar-refractivity contribution in [2.75, 3.05) is 26.4 Å². The maximum absolute atomic E-state index is 13.5. The normalized spacial score (nSPS) is 26.7. The molecule has 0 bridgehead atoms. The Labute approximate surface area is 595 Å². The Morgan fingerprint density at radius 3 is 0.959 bits per heavy atom. The number of aliphatic hydroxyl groups excluding tert-OH is 11. The van der Waals surface area contributed by atoms with Crippen LogP contribution in [-0.4, -0.2) is 193 Å². The molecule has 0 radical (unpaired) electrons. The average Bonchev–Trinajstić information content (AvgIpc) is 0.784. The molecule has 3 saturated heterocycles. The summed E-state index contributed by atoms with van der Waals surface area (Å²) < 4.78 is 34.4. The van der Waals surface area contributed by atoms with Gasteiger partial charge < -0.3 is 89.9 Å². The first-order chi connectivity index (χ1) is 47.8. The highest BCUT2D eigenvalue weighted by Gasteiger charge is 2.54. The molecule has 3 rings (SSSR count). The van der Waals surface area contributed by atoms with Gasteiger partial charge in [-0.3, -0.25) is 4.79 Å². The number of aliphatic hydroxyl groups is 11. The minimum Gasteiger partial charge on any atom is -0.394 e. The van der Waals surface area contributed by atoms with Crippen LogP contribution in [0.25, 0.3) is 0 Å². The average molecular weight is 1400 g/mol. The number of rotatable bonds is 66. The first kappa shape index (κ1) is 90.7. The summed E-state index contributed by atoms with van der Waals surface area (Å²) in [4.78, 5) is 13.5. The van der Waals surface area contributed by atoms with Gasteiger partial charge in [0.1, 0.15) is 73.2 Å². The Kier molecular flexibility index (Phi) is 56.3. The zero-order valence-electron chi connectivity index (χ0n) is 62.1. The SMILES string of the molecule is CCCCCCCCCCCCCCCCC/C=C/C(O)C(COC1OC(CO)C(OC2OC(CO)C(OC3OC(CO)C(O)C(O)C3O)C(O)C2O)C(O)C1O)NC(=O)CCCCCCCCCCCCCCCCCCCCCCCCCCCCCCCCCCCCCC. The lowest BCUT2D eigenvalue weighted by atomic mass is 9.96. The van der Waals surface area contributed by atoms with Gasteiger partial charge in [0.2, 0.25) is 5.91 Å². The van der Waals surface area contributed by atoms with E-state index in [1.54, 1.807) is 6.08 Å². The number of hydrogen-bond acceptors (Lipinski definition) is 18. The molecule has 3 aliphatic rings. The van der Waals surface area contributed by atoms with Crippen LogP contribution in [0.4, 0.5) is 0 Å². The molecule has 19 heteroatoms. The second-order valence-electron chi connectivity index (χ2n) is 29.6. The predicted molar refractivity (Wildman–Crippen MR) is 388 cm³/mol. The standard InChI is InChI=1S/C79H151NO18/c1-3-5-7-9-11-13-15-17-19-21-22-23-24-25-26-27-28-29-30-31-32-33-34-35-36-37-38-39-41-43-45-47-49-51-53-55-57-67(85)80-62(63(84)56-54-52-50-48-46-44-42-40-20-18-16-14-12-10-8-6-4-2)61-93-77-73(91)70(88)75(65(59-82)95-77)98-79-74(92)71(89)76(66(60-83)96-79)97-78-72(90)69(87)68(86)64(58-81)94-78/h54,56,62-66,68-79,81-84,86-92H,3-53,55,57-61H2,1-2H3,(H,80,85)/b56-54+. The fourth-order valence-corrected chi connectivity index (χ4v) is 14.3. The molecule has 0 aliphatic carbocycles. The summed E-state index contributed by atoms with van der Waals surface area (Å²) in [5.41, 5.74) is 0. The van der Waals surface area contributed by atoms with E-state index in [1.165, 1.54) is 283 Å². The van der Waals surface area contributed by atoms with Crippen molar-refractivity contribution in [3.8, 4) is 0 Å². The third kappa shape index (κ3) is 40.7. The molecule has 17 atom stereocenters. The van der Waals surface area contributed by atoms with E-state index >= 15 is 0 Å². The van der Waals surface area contributed by atoms with Crippen molar-refractivity contribution in [3.63, 3.8) is 0 Å². The van der Waals surface area contributed by atoms with Crippen molar-refractivity contribution in [1.82, 2.24) is 5.32 Å². The Morgan fingerprint density at radius 2 is 0.633 bits per heavy atom. The third-order valence-electron chi connectivity index (χ3n) is 20.8. The van der Waals surface area contributed by atoms with E-state index in [2.05, 4.69) is 19.2 Å². The van der Waals surface area contributed by atoms with E-state index in [0.717, 1.165) is 44.9 Å². The predicted octanol–water partition coefficient (Wildman–Crippen LogP) is 13.6. The van der Waals surface area contributed by atoms with Crippen LogP contribution in [0.5, 0.6) is 0 Å². The molecule has 580 valence electrons. The minimum absolute atomic E-state index is 0.250. The van der Waals surface area contributed by atoms with Crippen LogP contribution in [-0.2, 0) is 33.2 Å². The van der Waals surface area contributed by atoms with Gasteiger partial charge in [0.05, 0.1) is 38.6 Å². The van der Waals surface area contributed by atoms with E-state index in [4.69, 9.17) is 28.4 Å². The summed E-state index contributed by atoms with van der Waals surface area (Å²) in [6, 6.07) is -0.969. The lowest BCUT2D eigenvalue weighted by molar-refractivity contribution is -0.379. The molecule has 0 aromatic heterocycles. The van der Waals surface area contributed by atoms with E-state index in [0.29, 0.717) is 6.42 Å². The molecule has 3 fully saturated rings.